The van der Waals surface area contributed by atoms with Gasteiger partial charge in [-0.2, -0.15) is 0 Å². The highest BCUT2D eigenvalue weighted by atomic mass is 16.7. The molecule has 0 aliphatic rings. The Hall–Kier alpha value is -4.49. The van der Waals surface area contributed by atoms with Gasteiger partial charge in [0.2, 0.25) is 0 Å². The van der Waals surface area contributed by atoms with Crippen molar-refractivity contribution in [1.82, 2.24) is 0 Å². The predicted molar refractivity (Wildman–Crippen MR) is 132 cm³/mol. The fourth-order valence-electron chi connectivity index (χ4n) is 3.75. The van der Waals surface area contributed by atoms with Crippen molar-refractivity contribution in [2.75, 3.05) is 19.2 Å². The third-order valence-electron chi connectivity index (χ3n) is 5.35. The van der Waals surface area contributed by atoms with Crippen LogP contribution in [0, 0.1) is 5.41 Å². The number of rotatable bonds is 7. The Kier molecular flexibility index (Phi) is 6.66. The monoisotopic (exact) mass is 453 g/mol. The Bertz CT molecular complexity index is 1380. The maximum Gasteiger partial charge on any atom is 0.340 e. The molecule has 0 heterocycles. The highest BCUT2D eigenvalue weighted by Crippen LogP contribution is 2.35. The summed E-state index contributed by atoms with van der Waals surface area (Å²) in [7, 11) is 1.44. The molecule has 0 aliphatic carbocycles. The van der Waals surface area contributed by atoms with Crippen LogP contribution in [0.1, 0.15) is 26.3 Å². The van der Waals surface area contributed by atoms with E-state index in [1.807, 2.05) is 42.5 Å². The third-order valence-corrected chi connectivity index (χ3v) is 5.35. The number of hydrogen-bond donors (Lipinski definition) is 3. The quantitative estimate of drug-likeness (QED) is 0.161. The molecule has 0 atom stereocenters. The van der Waals surface area contributed by atoms with Crippen LogP contribution in [-0.4, -0.2) is 31.6 Å². The first-order valence-electron chi connectivity index (χ1n) is 10.5. The molecule has 4 aromatic rings. The maximum atomic E-state index is 13.3. The Morgan fingerprint density at radius 3 is 2.32 bits per heavy atom. The molecule has 0 saturated carbocycles. The van der Waals surface area contributed by atoms with E-state index in [9.17, 15) is 9.59 Å². The number of fused-ring (bicyclic) bond motifs is 1. The molecule has 4 rings (SSSR count). The summed E-state index contributed by atoms with van der Waals surface area (Å²) in [5, 5.41) is 12.1. The van der Waals surface area contributed by atoms with E-state index in [0.29, 0.717) is 33.5 Å². The van der Waals surface area contributed by atoms with E-state index in [2.05, 4.69) is 5.32 Å². The second-order valence-electron chi connectivity index (χ2n) is 7.54. The zero-order valence-electron chi connectivity index (χ0n) is 18.5. The van der Waals surface area contributed by atoms with E-state index in [1.54, 1.807) is 42.5 Å². The first kappa shape index (κ1) is 22.7. The number of nitrogens with one attached hydrogen (secondary N) is 2. The fraction of sp³-hybridized carbons (Fsp3) is 0.0741. The molecule has 0 spiro atoms. The summed E-state index contributed by atoms with van der Waals surface area (Å²) >= 11 is 0. The molecule has 4 N–H and O–H groups in total. The van der Waals surface area contributed by atoms with Gasteiger partial charge in [0, 0.05) is 29.5 Å². The molecule has 0 fully saturated rings. The van der Waals surface area contributed by atoms with Crippen molar-refractivity contribution in [3.63, 3.8) is 0 Å². The van der Waals surface area contributed by atoms with Crippen LogP contribution in [0.15, 0.2) is 84.9 Å². The molecule has 170 valence electrons. The Balaban J connectivity index is 1.80. The van der Waals surface area contributed by atoms with Gasteiger partial charge in [-0.05, 0) is 52.7 Å². The van der Waals surface area contributed by atoms with Gasteiger partial charge in [0.05, 0.1) is 5.56 Å². The van der Waals surface area contributed by atoms with Gasteiger partial charge in [0.1, 0.15) is 5.84 Å². The number of nitrogens with two attached hydrogens (primary N) is 1. The van der Waals surface area contributed by atoms with Crippen LogP contribution in [0.4, 0.5) is 5.69 Å². The standard InChI is InChI=1S/C27H23N3O4/c1-33-16-34-27(32)23-15-12-17-6-2-3-7-20(17)24(23)21-8-4-5-9-22(21)26(31)30-19-13-10-18(11-14-19)25(28)29/h2-15H,16H2,1H3,(H3,28,29)(H,30,31). The number of methoxy groups -OCH3 is 1. The Labute approximate surface area is 196 Å². The average molecular weight is 453 g/mol. The van der Waals surface area contributed by atoms with Gasteiger partial charge < -0.3 is 20.5 Å². The topological polar surface area (TPSA) is 114 Å². The van der Waals surface area contributed by atoms with Crippen molar-refractivity contribution in [1.29, 1.82) is 5.41 Å². The minimum Gasteiger partial charge on any atom is -0.435 e. The molecule has 0 saturated heterocycles. The van der Waals surface area contributed by atoms with Gasteiger partial charge in [-0.1, -0.05) is 48.5 Å². The zero-order chi connectivity index (χ0) is 24.1. The number of esters is 1. The van der Waals surface area contributed by atoms with Crippen molar-refractivity contribution < 1.29 is 19.1 Å². The van der Waals surface area contributed by atoms with Gasteiger partial charge in [-0.25, -0.2) is 4.79 Å². The molecule has 0 radical (unpaired) electrons. The van der Waals surface area contributed by atoms with Crippen LogP contribution in [0.5, 0.6) is 0 Å². The molecular formula is C27H23N3O4. The lowest BCUT2D eigenvalue weighted by Crippen LogP contribution is -2.15. The number of hydrogen-bond acceptors (Lipinski definition) is 5. The number of anilines is 1. The molecule has 7 heteroatoms. The van der Waals surface area contributed by atoms with Gasteiger partial charge in [0.15, 0.2) is 6.79 Å². The number of nitrogen functional groups attached to an aromatic ring is 1. The largest absolute Gasteiger partial charge is 0.435 e. The van der Waals surface area contributed by atoms with Gasteiger partial charge in [0.25, 0.3) is 5.91 Å². The van der Waals surface area contributed by atoms with E-state index in [1.165, 1.54) is 7.11 Å². The van der Waals surface area contributed by atoms with Gasteiger partial charge >= 0.3 is 5.97 Å². The average Bonchev–Trinajstić information content (AvgIpc) is 2.86. The van der Waals surface area contributed by atoms with Crippen LogP contribution in [0.3, 0.4) is 0 Å². The summed E-state index contributed by atoms with van der Waals surface area (Å²) < 4.78 is 10.1. The number of amides is 1. The molecule has 1 amide bonds. The fourth-order valence-corrected chi connectivity index (χ4v) is 3.75. The second-order valence-corrected chi connectivity index (χ2v) is 7.54. The second kappa shape index (κ2) is 9.97. The minimum atomic E-state index is -0.544. The van der Waals surface area contributed by atoms with Crippen LogP contribution in [0.25, 0.3) is 21.9 Å². The number of benzene rings is 4. The van der Waals surface area contributed by atoms with Crippen molar-refractivity contribution in [3.8, 4) is 11.1 Å². The lowest BCUT2D eigenvalue weighted by molar-refractivity contribution is -0.0124. The van der Waals surface area contributed by atoms with Crippen molar-refractivity contribution in [3.05, 3.63) is 102 Å². The van der Waals surface area contributed by atoms with E-state index in [0.717, 1.165) is 10.8 Å². The molecule has 0 unspecified atom stereocenters. The molecule has 0 aliphatic heterocycles. The predicted octanol–water partition coefficient (Wildman–Crippen LogP) is 4.80. The van der Waals surface area contributed by atoms with E-state index in [4.69, 9.17) is 20.6 Å². The van der Waals surface area contributed by atoms with E-state index < -0.39 is 5.97 Å². The first-order chi connectivity index (χ1) is 16.5. The summed E-state index contributed by atoms with van der Waals surface area (Å²) in [5.41, 5.74) is 8.57. The molecule has 4 aromatic carbocycles. The minimum absolute atomic E-state index is 0.0490. The van der Waals surface area contributed by atoms with Crippen LogP contribution in [-0.2, 0) is 9.47 Å². The highest BCUT2D eigenvalue weighted by Gasteiger charge is 2.21. The number of ether oxygens (including phenoxy) is 2. The first-order valence-corrected chi connectivity index (χ1v) is 10.5. The number of amidine groups is 1. The highest BCUT2D eigenvalue weighted by molar-refractivity contribution is 6.15. The van der Waals surface area contributed by atoms with Gasteiger partial charge in [-0.3, -0.25) is 10.2 Å². The lowest BCUT2D eigenvalue weighted by atomic mass is 9.90. The molecule has 0 bridgehead atoms. The van der Waals surface area contributed by atoms with Crippen LogP contribution < -0.4 is 11.1 Å². The SMILES string of the molecule is COCOC(=O)c1ccc2ccccc2c1-c1ccccc1C(=O)Nc1ccc(C(=N)N)cc1. The molecule has 7 nitrogen and oxygen atoms in total. The van der Waals surface area contributed by atoms with E-state index >= 15 is 0 Å². The smallest absolute Gasteiger partial charge is 0.340 e. The van der Waals surface area contributed by atoms with Crippen LogP contribution >= 0.6 is 0 Å². The normalized spacial score (nSPS) is 10.6. The number of carbonyl (C=O) groups is 2. The van der Waals surface area contributed by atoms with Crippen molar-refractivity contribution in [2.24, 2.45) is 5.73 Å². The van der Waals surface area contributed by atoms with Crippen molar-refractivity contribution >= 4 is 34.2 Å². The molecule has 0 aromatic heterocycles. The van der Waals surface area contributed by atoms with Crippen molar-refractivity contribution in [2.45, 2.75) is 0 Å². The molecule has 34 heavy (non-hydrogen) atoms. The Morgan fingerprint density at radius 1 is 0.882 bits per heavy atom. The Morgan fingerprint density at radius 2 is 1.59 bits per heavy atom. The maximum absolute atomic E-state index is 13.3. The third kappa shape index (κ3) is 4.65. The van der Waals surface area contributed by atoms with Gasteiger partial charge in [-0.15, -0.1) is 0 Å². The summed E-state index contributed by atoms with van der Waals surface area (Å²) in [6.45, 7) is -0.177. The molecular weight excluding hydrogens is 430 g/mol. The number of carbonyl (C=O) groups excluding carboxylic acids is 2. The van der Waals surface area contributed by atoms with E-state index in [-0.39, 0.29) is 18.5 Å². The summed E-state index contributed by atoms with van der Waals surface area (Å²) in [4.78, 5) is 26.2. The summed E-state index contributed by atoms with van der Waals surface area (Å²) in [6, 6.07) is 25.0. The van der Waals surface area contributed by atoms with Crippen LogP contribution in [0.2, 0.25) is 0 Å². The lowest BCUT2D eigenvalue weighted by Gasteiger charge is -2.16. The summed E-state index contributed by atoms with van der Waals surface area (Å²) in [5.74, 6) is -0.931. The zero-order valence-corrected chi connectivity index (χ0v) is 18.5. The summed E-state index contributed by atoms with van der Waals surface area (Å²) in [6.07, 6.45) is 0.